The van der Waals surface area contributed by atoms with E-state index >= 15 is 0 Å². The van der Waals surface area contributed by atoms with Gasteiger partial charge in [-0.25, -0.2) is 0 Å². The molecule has 0 fully saturated rings. The summed E-state index contributed by atoms with van der Waals surface area (Å²) in [6.45, 7) is 17.3. The number of nitrogens with one attached hydrogen (secondary N) is 1. The first-order valence-corrected chi connectivity index (χ1v) is 8.65. The number of rotatable bonds is 9. The first-order chi connectivity index (χ1) is 11.5. The highest BCUT2D eigenvalue weighted by Gasteiger charge is 2.07. The third-order valence-corrected chi connectivity index (χ3v) is 4.15. The summed E-state index contributed by atoms with van der Waals surface area (Å²) in [6, 6.07) is 6.59. The van der Waals surface area contributed by atoms with Gasteiger partial charge in [0.05, 0.1) is 11.4 Å². The number of aryl methyl sites for hydroxylation is 1. The Labute approximate surface area is 147 Å². The fourth-order valence-electron chi connectivity index (χ4n) is 2.47. The van der Waals surface area contributed by atoms with E-state index in [-0.39, 0.29) is 0 Å². The molecular formula is C21H31N3. The van der Waals surface area contributed by atoms with Gasteiger partial charge in [-0.1, -0.05) is 52.1 Å². The summed E-state index contributed by atoms with van der Waals surface area (Å²) in [6.07, 6.45) is 4.30. The quantitative estimate of drug-likeness (QED) is 0.631. The molecule has 0 unspecified atom stereocenters. The molecule has 0 bridgehead atoms. The maximum Gasteiger partial charge on any atom is 0.0629 e. The fourth-order valence-corrected chi connectivity index (χ4v) is 2.47. The third kappa shape index (κ3) is 5.41. The van der Waals surface area contributed by atoms with Gasteiger partial charge in [0.1, 0.15) is 0 Å². The van der Waals surface area contributed by atoms with Crippen LogP contribution in [-0.2, 0) is 13.0 Å². The van der Waals surface area contributed by atoms with Gasteiger partial charge in [-0.15, -0.1) is 0 Å². The van der Waals surface area contributed by atoms with Gasteiger partial charge in [-0.3, -0.25) is 4.99 Å². The highest BCUT2D eigenvalue weighted by Crippen LogP contribution is 2.20. The molecule has 1 aromatic carbocycles. The Bertz CT molecular complexity index is 651. The van der Waals surface area contributed by atoms with Crippen LogP contribution in [0.3, 0.4) is 0 Å². The van der Waals surface area contributed by atoms with Crippen molar-refractivity contribution in [2.45, 2.75) is 53.5 Å². The summed E-state index contributed by atoms with van der Waals surface area (Å²) in [5.41, 5.74) is 13.1. The van der Waals surface area contributed by atoms with Crippen LogP contribution in [0.1, 0.15) is 57.2 Å². The summed E-state index contributed by atoms with van der Waals surface area (Å²) in [4.78, 5) is 4.50. The van der Waals surface area contributed by atoms with Crippen LogP contribution in [0.2, 0.25) is 0 Å². The molecule has 24 heavy (non-hydrogen) atoms. The number of allylic oxidation sites excluding steroid dienone is 3. The first kappa shape index (κ1) is 19.8. The second kappa shape index (κ2) is 9.76. The maximum atomic E-state index is 5.50. The van der Waals surface area contributed by atoms with Crippen molar-refractivity contribution in [2.75, 3.05) is 0 Å². The Morgan fingerprint density at radius 2 is 1.88 bits per heavy atom. The molecule has 3 heteroatoms. The lowest BCUT2D eigenvalue weighted by Crippen LogP contribution is -2.20. The predicted molar refractivity (Wildman–Crippen MR) is 107 cm³/mol. The normalized spacial score (nSPS) is 12.2. The van der Waals surface area contributed by atoms with Crippen molar-refractivity contribution in [1.29, 1.82) is 0 Å². The number of hydrogen-bond donors (Lipinski definition) is 2. The van der Waals surface area contributed by atoms with E-state index in [0.717, 1.165) is 42.9 Å². The van der Waals surface area contributed by atoms with E-state index in [2.05, 4.69) is 62.4 Å². The van der Waals surface area contributed by atoms with Crippen LogP contribution in [-0.4, -0.2) is 5.71 Å². The zero-order valence-corrected chi connectivity index (χ0v) is 15.6. The summed E-state index contributed by atoms with van der Waals surface area (Å²) < 4.78 is 0. The largest absolute Gasteiger partial charge is 0.403 e. The molecule has 0 aliphatic rings. The Kier molecular flexibility index (Phi) is 8.03. The fraction of sp³-hybridized carbons (Fsp3) is 0.381. The predicted octanol–water partition coefficient (Wildman–Crippen LogP) is 4.95. The zero-order chi connectivity index (χ0) is 18.1. The molecule has 0 aliphatic heterocycles. The maximum absolute atomic E-state index is 5.50. The lowest BCUT2D eigenvalue weighted by atomic mass is 9.97. The molecule has 0 radical (unpaired) electrons. The average molecular weight is 326 g/mol. The molecule has 0 spiro atoms. The van der Waals surface area contributed by atoms with Crippen molar-refractivity contribution in [3.63, 3.8) is 0 Å². The van der Waals surface area contributed by atoms with Crippen molar-refractivity contribution in [3.05, 3.63) is 65.6 Å². The van der Waals surface area contributed by atoms with Gasteiger partial charge in [-0.05, 0) is 48.4 Å². The molecule has 1 aromatic rings. The first-order valence-electron chi connectivity index (χ1n) is 8.65. The summed E-state index contributed by atoms with van der Waals surface area (Å²) in [5, 5.41) is 3.40. The van der Waals surface area contributed by atoms with Crippen LogP contribution in [0, 0.1) is 0 Å². The van der Waals surface area contributed by atoms with E-state index in [9.17, 15) is 0 Å². The van der Waals surface area contributed by atoms with Gasteiger partial charge < -0.3 is 11.1 Å². The highest BCUT2D eigenvalue weighted by atomic mass is 14.9. The number of aliphatic imine (C=N–C) groups is 1. The van der Waals surface area contributed by atoms with Crippen LogP contribution < -0.4 is 11.1 Å². The second-order valence-electron chi connectivity index (χ2n) is 5.85. The lowest BCUT2D eigenvalue weighted by Gasteiger charge is -2.15. The molecule has 130 valence electrons. The van der Waals surface area contributed by atoms with Gasteiger partial charge in [0.25, 0.3) is 0 Å². The van der Waals surface area contributed by atoms with Crippen LogP contribution in [0.4, 0.5) is 0 Å². The standard InChI is InChI=1S/C21H31N3/c1-7-15(4)19-10-11-20(18(8-2)12-19)14-23-17(6)21(9-3)24-16(5)13-22/h10-13,23H,4,6-9,14,22H2,1-3,5H3/b16-13+,24-21?. The van der Waals surface area contributed by atoms with Crippen molar-refractivity contribution in [1.82, 2.24) is 5.32 Å². The highest BCUT2D eigenvalue weighted by molar-refractivity contribution is 5.99. The molecule has 0 saturated carbocycles. The van der Waals surface area contributed by atoms with Gasteiger partial charge in [0, 0.05) is 18.4 Å². The van der Waals surface area contributed by atoms with Gasteiger partial charge in [-0.2, -0.15) is 0 Å². The lowest BCUT2D eigenvalue weighted by molar-refractivity contribution is 0.827. The van der Waals surface area contributed by atoms with Crippen molar-refractivity contribution in [3.8, 4) is 0 Å². The summed E-state index contributed by atoms with van der Waals surface area (Å²) >= 11 is 0. The van der Waals surface area contributed by atoms with Crippen molar-refractivity contribution < 1.29 is 0 Å². The van der Waals surface area contributed by atoms with E-state index in [1.54, 1.807) is 0 Å². The monoisotopic (exact) mass is 325 g/mol. The molecule has 0 aliphatic carbocycles. The minimum atomic E-state index is 0.741. The molecule has 0 aromatic heterocycles. The molecule has 3 nitrogen and oxygen atoms in total. The third-order valence-electron chi connectivity index (χ3n) is 4.15. The Morgan fingerprint density at radius 1 is 1.17 bits per heavy atom. The van der Waals surface area contributed by atoms with E-state index in [0.29, 0.717) is 0 Å². The van der Waals surface area contributed by atoms with Crippen molar-refractivity contribution >= 4 is 11.3 Å². The topological polar surface area (TPSA) is 50.4 Å². The van der Waals surface area contributed by atoms with E-state index in [1.165, 1.54) is 28.5 Å². The van der Waals surface area contributed by atoms with E-state index in [4.69, 9.17) is 5.73 Å². The molecular weight excluding hydrogens is 294 g/mol. The number of benzene rings is 1. The molecule has 0 heterocycles. The molecule has 0 amide bonds. The van der Waals surface area contributed by atoms with Gasteiger partial charge >= 0.3 is 0 Å². The minimum Gasteiger partial charge on any atom is -0.403 e. The Balaban J connectivity index is 2.88. The number of nitrogens with zero attached hydrogens (tertiary/aromatic N) is 1. The molecule has 1 rings (SSSR count). The smallest absolute Gasteiger partial charge is 0.0629 e. The molecule has 3 N–H and O–H groups in total. The van der Waals surface area contributed by atoms with Crippen LogP contribution in [0.25, 0.3) is 5.57 Å². The van der Waals surface area contributed by atoms with E-state index < -0.39 is 0 Å². The van der Waals surface area contributed by atoms with Crippen molar-refractivity contribution in [2.24, 2.45) is 10.7 Å². The van der Waals surface area contributed by atoms with E-state index in [1.807, 2.05) is 6.92 Å². The second-order valence-corrected chi connectivity index (χ2v) is 5.85. The molecule has 0 atom stereocenters. The number of hydrogen-bond acceptors (Lipinski definition) is 3. The summed E-state index contributed by atoms with van der Waals surface area (Å²) in [5.74, 6) is 0. The van der Waals surface area contributed by atoms with Crippen LogP contribution in [0.15, 0.2) is 53.9 Å². The van der Waals surface area contributed by atoms with Gasteiger partial charge in [0.2, 0.25) is 0 Å². The summed E-state index contributed by atoms with van der Waals surface area (Å²) in [7, 11) is 0. The molecule has 0 saturated heterocycles. The zero-order valence-electron chi connectivity index (χ0n) is 15.6. The Morgan fingerprint density at radius 3 is 2.42 bits per heavy atom. The minimum absolute atomic E-state index is 0.741. The van der Waals surface area contributed by atoms with Crippen LogP contribution >= 0.6 is 0 Å². The Hall–Kier alpha value is -2.29. The SMILES string of the molecule is C=C(NCc1ccc(C(=C)CC)cc1CC)C(CC)=N/C(C)=C/N. The number of nitrogens with two attached hydrogens (primary N) is 1. The average Bonchev–Trinajstić information content (AvgIpc) is 2.62. The van der Waals surface area contributed by atoms with Crippen LogP contribution in [0.5, 0.6) is 0 Å². The van der Waals surface area contributed by atoms with Gasteiger partial charge in [0.15, 0.2) is 0 Å².